The molecule has 1 aromatic heterocycles. The summed E-state index contributed by atoms with van der Waals surface area (Å²) in [6.45, 7) is 0.326. The van der Waals surface area contributed by atoms with E-state index in [1.165, 1.54) is 4.90 Å². The van der Waals surface area contributed by atoms with Crippen molar-refractivity contribution in [3.63, 3.8) is 0 Å². The number of carbonyl (C=O) groups excluding carboxylic acids is 1. The number of anilines is 1. The van der Waals surface area contributed by atoms with Crippen LogP contribution in [0.25, 0.3) is 0 Å². The summed E-state index contributed by atoms with van der Waals surface area (Å²) in [7, 11) is 3.45. The minimum atomic E-state index is 0.00111. The van der Waals surface area contributed by atoms with Crippen molar-refractivity contribution < 1.29 is 4.79 Å². The Morgan fingerprint density at radius 2 is 2.38 bits per heavy atom. The Bertz CT molecular complexity index is 273. The molecule has 1 rings (SSSR count). The first-order valence-corrected chi connectivity index (χ1v) is 4.08. The number of likely N-dealkylation sites (N-methyl/N-ethyl adjacent to an activating group) is 2. The molecule has 0 saturated carbocycles. The molecule has 0 aliphatic heterocycles. The van der Waals surface area contributed by atoms with Crippen molar-refractivity contribution in [3.05, 3.63) is 24.4 Å². The number of rotatable bonds is 3. The highest BCUT2D eigenvalue weighted by Gasteiger charge is 2.09. The predicted octanol–water partition coefficient (Wildman–Crippen LogP) is 0.264. The Morgan fingerprint density at radius 3 is 2.92 bits per heavy atom. The Balaban J connectivity index is 2.68. The van der Waals surface area contributed by atoms with Gasteiger partial charge in [0.1, 0.15) is 5.82 Å². The standard InChI is InChI=1S/C9H13N3O/c1-10-7-9(13)12(2)8-5-3-4-6-11-8/h3-6,10H,7H2,1-2H3. The molecule has 1 aromatic rings. The van der Waals surface area contributed by atoms with Crippen LogP contribution in [-0.4, -0.2) is 31.5 Å². The second-order valence-electron chi connectivity index (χ2n) is 2.67. The van der Waals surface area contributed by atoms with Gasteiger partial charge in [-0.3, -0.25) is 9.69 Å². The Kier molecular flexibility index (Phi) is 3.40. The lowest BCUT2D eigenvalue weighted by molar-refractivity contribution is -0.117. The van der Waals surface area contributed by atoms with E-state index in [-0.39, 0.29) is 5.91 Å². The highest BCUT2D eigenvalue weighted by atomic mass is 16.2. The number of nitrogens with one attached hydrogen (secondary N) is 1. The molecule has 0 aromatic carbocycles. The summed E-state index contributed by atoms with van der Waals surface area (Å²) in [4.78, 5) is 17.0. The molecule has 1 N–H and O–H groups in total. The molecule has 4 nitrogen and oxygen atoms in total. The van der Waals surface area contributed by atoms with Gasteiger partial charge in [-0.25, -0.2) is 4.98 Å². The van der Waals surface area contributed by atoms with E-state index < -0.39 is 0 Å². The zero-order chi connectivity index (χ0) is 9.68. The van der Waals surface area contributed by atoms with Crippen LogP contribution in [0.4, 0.5) is 5.82 Å². The molecule has 13 heavy (non-hydrogen) atoms. The highest BCUT2D eigenvalue weighted by Crippen LogP contribution is 2.05. The van der Waals surface area contributed by atoms with Crippen LogP contribution in [0.2, 0.25) is 0 Å². The van der Waals surface area contributed by atoms with Crippen molar-refractivity contribution in [1.29, 1.82) is 0 Å². The summed E-state index contributed by atoms with van der Waals surface area (Å²) in [5.74, 6) is 0.670. The average molecular weight is 179 g/mol. The van der Waals surface area contributed by atoms with Gasteiger partial charge in [0.25, 0.3) is 0 Å². The third kappa shape index (κ3) is 2.52. The first-order valence-electron chi connectivity index (χ1n) is 4.08. The van der Waals surface area contributed by atoms with Crippen molar-refractivity contribution >= 4 is 11.7 Å². The van der Waals surface area contributed by atoms with Gasteiger partial charge < -0.3 is 5.32 Å². The molecule has 0 unspecified atom stereocenters. The summed E-state index contributed by atoms with van der Waals surface area (Å²) in [6, 6.07) is 5.47. The fourth-order valence-corrected chi connectivity index (χ4v) is 0.950. The van der Waals surface area contributed by atoms with Gasteiger partial charge in [-0.1, -0.05) is 6.07 Å². The van der Waals surface area contributed by atoms with Gasteiger partial charge in [-0.05, 0) is 19.2 Å². The van der Waals surface area contributed by atoms with Crippen LogP contribution in [-0.2, 0) is 4.79 Å². The minimum Gasteiger partial charge on any atom is -0.311 e. The first kappa shape index (κ1) is 9.67. The van der Waals surface area contributed by atoms with Crippen molar-refractivity contribution in [2.24, 2.45) is 0 Å². The topological polar surface area (TPSA) is 45.2 Å². The van der Waals surface area contributed by atoms with E-state index in [1.54, 1.807) is 26.4 Å². The van der Waals surface area contributed by atoms with E-state index >= 15 is 0 Å². The molecule has 0 spiro atoms. The third-order valence-corrected chi connectivity index (χ3v) is 1.70. The second kappa shape index (κ2) is 4.57. The van der Waals surface area contributed by atoms with E-state index in [4.69, 9.17) is 0 Å². The average Bonchev–Trinajstić information content (AvgIpc) is 2.18. The van der Waals surface area contributed by atoms with Crippen LogP contribution in [0.3, 0.4) is 0 Å². The predicted molar refractivity (Wildman–Crippen MR) is 51.6 cm³/mol. The van der Waals surface area contributed by atoms with E-state index in [0.717, 1.165) is 0 Å². The molecule has 0 saturated heterocycles. The van der Waals surface area contributed by atoms with Crippen LogP contribution < -0.4 is 10.2 Å². The number of pyridine rings is 1. The maximum atomic E-state index is 11.4. The van der Waals surface area contributed by atoms with Crippen molar-refractivity contribution in [3.8, 4) is 0 Å². The lowest BCUT2D eigenvalue weighted by Gasteiger charge is -2.15. The van der Waals surface area contributed by atoms with Crippen molar-refractivity contribution in [2.75, 3.05) is 25.5 Å². The molecule has 0 aliphatic rings. The summed E-state index contributed by atoms with van der Waals surface area (Å²) >= 11 is 0. The Labute approximate surface area is 77.6 Å². The third-order valence-electron chi connectivity index (χ3n) is 1.70. The number of aromatic nitrogens is 1. The van der Waals surface area contributed by atoms with E-state index in [2.05, 4.69) is 10.3 Å². The fraction of sp³-hybridized carbons (Fsp3) is 0.333. The molecule has 0 fully saturated rings. The smallest absolute Gasteiger partial charge is 0.241 e. The number of nitrogens with zero attached hydrogens (tertiary/aromatic N) is 2. The fourth-order valence-electron chi connectivity index (χ4n) is 0.950. The van der Waals surface area contributed by atoms with Gasteiger partial charge in [-0.2, -0.15) is 0 Å². The number of carbonyl (C=O) groups is 1. The summed E-state index contributed by atoms with van der Waals surface area (Å²) in [6.07, 6.45) is 1.67. The van der Waals surface area contributed by atoms with Gasteiger partial charge in [-0.15, -0.1) is 0 Å². The summed E-state index contributed by atoms with van der Waals surface area (Å²) < 4.78 is 0. The van der Waals surface area contributed by atoms with Gasteiger partial charge in [0.15, 0.2) is 0 Å². The lowest BCUT2D eigenvalue weighted by Crippen LogP contribution is -2.34. The molecule has 70 valence electrons. The molecular weight excluding hydrogens is 166 g/mol. The molecule has 4 heteroatoms. The number of hydrogen-bond acceptors (Lipinski definition) is 3. The first-order chi connectivity index (χ1) is 6.25. The molecule has 1 heterocycles. The van der Waals surface area contributed by atoms with E-state index in [9.17, 15) is 4.79 Å². The summed E-state index contributed by atoms with van der Waals surface area (Å²) in [5.41, 5.74) is 0. The van der Waals surface area contributed by atoms with Gasteiger partial charge in [0.05, 0.1) is 6.54 Å². The zero-order valence-electron chi connectivity index (χ0n) is 7.82. The molecule has 0 aliphatic carbocycles. The molecule has 1 amide bonds. The van der Waals surface area contributed by atoms with Gasteiger partial charge >= 0.3 is 0 Å². The van der Waals surface area contributed by atoms with Crippen LogP contribution in [0.15, 0.2) is 24.4 Å². The van der Waals surface area contributed by atoms with Crippen LogP contribution in [0, 0.1) is 0 Å². The molecule has 0 atom stereocenters. The maximum absolute atomic E-state index is 11.4. The second-order valence-corrected chi connectivity index (χ2v) is 2.67. The van der Waals surface area contributed by atoms with Crippen LogP contribution >= 0.6 is 0 Å². The van der Waals surface area contributed by atoms with E-state index in [1.807, 2.05) is 12.1 Å². The molecule has 0 radical (unpaired) electrons. The van der Waals surface area contributed by atoms with Crippen LogP contribution in [0.5, 0.6) is 0 Å². The Morgan fingerprint density at radius 1 is 1.62 bits per heavy atom. The summed E-state index contributed by atoms with van der Waals surface area (Å²) in [5, 5.41) is 2.80. The lowest BCUT2D eigenvalue weighted by atomic mass is 10.4. The van der Waals surface area contributed by atoms with Crippen molar-refractivity contribution in [2.45, 2.75) is 0 Å². The highest BCUT2D eigenvalue weighted by molar-refractivity contribution is 5.93. The SMILES string of the molecule is CNCC(=O)N(C)c1ccccn1. The van der Waals surface area contributed by atoms with Crippen LogP contribution in [0.1, 0.15) is 0 Å². The zero-order valence-corrected chi connectivity index (χ0v) is 7.82. The number of amides is 1. The van der Waals surface area contributed by atoms with Gasteiger partial charge in [0, 0.05) is 13.2 Å². The van der Waals surface area contributed by atoms with Crippen molar-refractivity contribution in [1.82, 2.24) is 10.3 Å². The maximum Gasteiger partial charge on any atom is 0.241 e. The van der Waals surface area contributed by atoms with E-state index in [0.29, 0.717) is 12.4 Å². The number of hydrogen-bond donors (Lipinski definition) is 1. The minimum absolute atomic E-state index is 0.00111. The largest absolute Gasteiger partial charge is 0.311 e. The molecular formula is C9H13N3O. The quantitative estimate of drug-likeness (QED) is 0.724. The van der Waals surface area contributed by atoms with Gasteiger partial charge in [0.2, 0.25) is 5.91 Å². The monoisotopic (exact) mass is 179 g/mol. The normalized spacial score (nSPS) is 9.69. The Hall–Kier alpha value is -1.42. The molecule has 0 bridgehead atoms.